The first kappa shape index (κ1) is 13.6. The van der Waals surface area contributed by atoms with E-state index >= 15 is 0 Å². The van der Waals surface area contributed by atoms with E-state index in [0.29, 0.717) is 37.6 Å². The number of carboxylic acid groups (broad SMARTS) is 1. The molecule has 118 valence electrons. The zero-order chi connectivity index (χ0) is 15.8. The highest BCUT2D eigenvalue weighted by Gasteiger charge is 2.24. The third-order valence-electron chi connectivity index (χ3n) is 3.98. The van der Waals surface area contributed by atoms with Crippen LogP contribution in [0.2, 0.25) is 0 Å². The first-order valence-electron chi connectivity index (χ1n) is 7.18. The molecule has 3 aromatic heterocycles. The van der Waals surface area contributed by atoms with E-state index in [2.05, 4.69) is 15.2 Å². The fourth-order valence-corrected chi connectivity index (χ4v) is 2.76. The predicted molar refractivity (Wildman–Crippen MR) is 80.3 cm³/mol. The van der Waals surface area contributed by atoms with Crippen molar-refractivity contribution >= 4 is 17.6 Å². The molecule has 23 heavy (non-hydrogen) atoms. The monoisotopic (exact) mass is 314 g/mol. The molecule has 1 saturated heterocycles. The van der Waals surface area contributed by atoms with Gasteiger partial charge in [-0.1, -0.05) is 0 Å². The van der Waals surface area contributed by atoms with Crippen LogP contribution in [0.25, 0.3) is 16.9 Å². The van der Waals surface area contributed by atoms with E-state index < -0.39 is 6.09 Å². The molecular formula is C14H14N6O3. The van der Waals surface area contributed by atoms with Crippen molar-refractivity contribution in [3.63, 3.8) is 0 Å². The number of amides is 1. The lowest BCUT2D eigenvalue weighted by Crippen LogP contribution is -2.48. The van der Waals surface area contributed by atoms with Crippen LogP contribution in [0.3, 0.4) is 0 Å². The largest absolute Gasteiger partial charge is 0.472 e. The second-order valence-electron chi connectivity index (χ2n) is 5.26. The Labute approximate surface area is 130 Å². The summed E-state index contributed by atoms with van der Waals surface area (Å²) in [6.45, 7) is 2.04. The molecule has 0 aromatic carbocycles. The van der Waals surface area contributed by atoms with Crippen LogP contribution < -0.4 is 4.90 Å². The maximum atomic E-state index is 11.0. The van der Waals surface area contributed by atoms with Crippen LogP contribution in [-0.2, 0) is 0 Å². The molecule has 0 aliphatic carbocycles. The van der Waals surface area contributed by atoms with Crippen LogP contribution in [-0.4, -0.2) is 61.9 Å². The lowest BCUT2D eigenvalue weighted by molar-refractivity contribution is 0.142. The lowest BCUT2D eigenvalue weighted by Gasteiger charge is -2.33. The summed E-state index contributed by atoms with van der Waals surface area (Å²) in [5.74, 6) is 0.708. The van der Waals surface area contributed by atoms with Gasteiger partial charge in [-0.05, 0) is 6.07 Å². The first-order valence-corrected chi connectivity index (χ1v) is 7.18. The molecule has 4 rings (SSSR count). The highest BCUT2D eigenvalue weighted by Crippen LogP contribution is 2.25. The van der Waals surface area contributed by atoms with Gasteiger partial charge in [0.2, 0.25) is 5.65 Å². The molecule has 1 amide bonds. The van der Waals surface area contributed by atoms with Crippen LogP contribution in [0.4, 0.5) is 10.6 Å². The molecule has 0 unspecified atom stereocenters. The number of fused-ring (bicyclic) bond motifs is 1. The van der Waals surface area contributed by atoms with Gasteiger partial charge < -0.3 is 19.3 Å². The second kappa shape index (κ2) is 5.27. The van der Waals surface area contributed by atoms with Crippen LogP contribution in [0.1, 0.15) is 0 Å². The maximum Gasteiger partial charge on any atom is 0.407 e. The summed E-state index contributed by atoms with van der Waals surface area (Å²) < 4.78 is 6.98. The molecule has 1 aliphatic rings. The van der Waals surface area contributed by atoms with Gasteiger partial charge in [0.05, 0.1) is 24.4 Å². The highest BCUT2D eigenvalue weighted by molar-refractivity contribution is 5.71. The molecule has 0 saturated carbocycles. The lowest BCUT2D eigenvalue weighted by atomic mass is 10.2. The minimum Gasteiger partial charge on any atom is -0.472 e. The Morgan fingerprint density at radius 1 is 1.26 bits per heavy atom. The van der Waals surface area contributed by atoms with Gasteiger partial charge in [0.25, 0.3) is 0 Å². The summed E-state index contributed by atoms with van der Waals surface area (Å²) in [5, 5.41) is 17.2. The van der Waals surface area contributed by atoms with Crippen molar-refractivity contribution in [1.82, 2.24) is 24.5 Å². The van der Waals surface area contributed by atoms with E-state index in [-0.39, 0.29) is 0 Å². The van der Waals surface area contributed by atoms with E-state index in [1.54, 1.807) is 25.1 Å². The Bertz CT molecular complexity index is 835. The van der Waals surface area contributed by atoms with Crippen molar-refractivity contribution < 1.29 is 14.3 Å². The van der Waals surface area contributed by atoms with Crippen molar-refractivity contribution in [2.45, 2.75) is 0 Å². The molecule has 0 bridgehead atoms. The number of furan rings is 1. The number of piperazine rings is 1. The van der Waals surface area contributed by atoms with Crippen molar-refractivity contribution in [2.24, 2.45) is 0 Å². The minimum absolute atomic E-state index is 0.445. The first-order chi connectivity index (χ1) is 11.2. The molecule has 3 aromatic rings. The van der Waals surface area contributed by atoms with Crippen LogP contribution in [0.5, 0.6) is 0 Å². The number of hydrogen-bond acceptors (Lipinski definition) is 6. The molecule has 1 aliphatic heterocycles. The molecule has 4 heterocycles. The third kappa shape index (κ3) is 2.26. The number of nitrogens with zero attached hydrogens (tertiary/aromatic N) is 6. The van der Waals surface area contributed by atoms with Crippen LogP contribution in [0.15, 0.2) is 35.5 Å². The molecule has 9 heteroatoms. The van der Waals surface area contributed by atoms with Gasteiger partial charge in [0, 0.05) is 31.7 Å². The topological polar surface area (TPSA) is 100 Å². The Kier molecular flexibility index (Phi) is 3.11. The average Bonchev–Trinajstić information content (AvgIpc) is 3.25. The van der Waals surface area contributed by atoms with E-state index in [0.717, 1.165) is 11.3 Å². The molecule has 1 N–H and O–H groups in total. The molecular weight excluding hydrogens is 300 g/mol. The normalized spacial score (nSPS) is 15.3. The summed E-state index contributed by atoms with van der Waals surface area (Å²) >= 11 is 0. The quantitative estimate of drug-likeness (QED) is 0.758. The highest BCUT2D eigenvalue weighted by atomic mass is 16.4. The maximum absolute atomic E-state index is 11.0. The van der Waals surface area contributed by atoms with Gasteiger partial charge in [0.15, 0.2) is 5.82 Å². The summed E-state index contributed by atoms with van der Waals surface area (Å²) in [4.78, 5) is 19.0. The molecule has 1 fully saturated rings. The Morgan fingerprint density at radius 3 is 2.78 bits per heavy atom. The van der Waals surface area contributed by atoms with E-state index in [9.17, 15) is 4.79 Å². The Balaban J connectivity index is 1.69. The van der Waals surface area contributed by atoms with Gasteiger partial charge in [-0.2, -0.15) is 0 Å². The van der Waals surface area contributed by atoms with Crippen molar-refractivity contribution in [2.75, 3.05) is 31.1 Å². The summed E-state index contributed by atoms with van der Waals surface area (Å²) in [7, 11) is 0. The average molecular weight is 314 g/mol. The van der Waals surface area contributed by atoms with Crippen molar-refractivity contribution in [3.05, 3.63) is 31.1 Å². The van der Waals surface area contributed by atoms with Gasteiger partial charge in [-0.15, -0.1) is 10.2 Å². The van der Waals surface area contributed by atoms with E-state index in [1.807, 2.05) is 15.4 Å². The fraction of sp³-hybridized carbons (Fsp3) is 0.286. The third-order valence-corrected chi connectivity index (χ3v) is 3.98. The standard InChI is InChI=1S/C14H14N6O3/c21-14(22)19-4-2-18(3-5-19)12-13-17-16-9-20(13)11(7-15-12)10-1-6-23-8-10/h1,6-9H,2-5H2,(H,21,22). The van der Waals surface area contributed by atoms with Crippen LogP contribution in [0, 0.1) is 0 Å². The van der Waals surface area contributed by atoms with E-state index in [1.165, 1.54) is 4.90 Å². The van der Waals surface area contributed by atoms with Crippen molar-refractivity contribution in [1.29, 1.82) is 0 Å². The second-order valence-corrected chi connectivity index (χ2v) is 5.26. The minimum atomic E-state index is -0.888. The SMILES string of the molecule is O=C(O)N1CCN(c2ncc(-c3ccoc3)n3cnnc23)CC1. The predicted octanol–water partition coefficient (Wildman–Crippen LogP) is 1.18. The van der Waals surface area contributed by atoms with Gasteiger partial charge in [-0.25, -0.2) is 9.78 Å². The number of aromatic nitrogens is 4. The summed E-state index contributed by atoms with van der Waals surface area (Å²) in [6, 6.07) is 1.85. The molecule has 0 spiro atoms. The molecule has 0 atom stereocenters. The van der Waals surface area contributed by atoms with Crippen molar-refractivity contribution in [3.8, 4) is 11.3 Å². The molecule has 0 radical (unpaired) electrons. The summed E-state index contributed by atoms with van der Waals surface area (Å²) in [6.07, 6.45) is 5.74. The molecule has 9 nitrogen and oxygen atoms in total. The fourth-order valence-electron chi connectivity index (χ4n) is 2.76. The zero-order valence-electron chi connectivity index (χ0n) is 12.2. The zero-order valence-corrected chi connectivity index (χ0v) is 12.2. The van der Waals surface area contributed by atoms with Crippen LogP contribution >= 0.6 is 0 Å². The van der Waals surface area contributed by atoms with Gasteiger partial charge >= 0.3 is 6.09 Å². The van der Waals surface area contributed by atoms with Gasteiger partial charge in [0.1, 0.15) is 6.33 Å². The Hall–Kier alpha value is -3.10. The number of anilines is 1. The number of hydrogen-bond donors (Lipinski definition) is 1. The van der Waals surface area contributed by atoms with Gasteiger partial charge in [-0.3, -0.25) is 4.40 Å². The Morgan fingerprint density at radius 2 is 2.09 bits per heavy atom. The summed E-state index contributed by atoms with van der Waals surface area (Å²) in [5.41, 5.74) is 2.38. The number of rotatable bonds is 2. The smallest absolute Gasteiger partial charge is 0.407 e. The van der Waals surface area contributed by atoms with E-state index in [4.69, 9.17) is 9.52 Å². The number of carbonyl (C=O) groups is 1.